The molecule has 3 rings (SSSR count). The van der Waals surface area contributed by atoms with Crippen molar-refractivity contribution >= 4 is 27.4 Å². The highest BCUT2D eigenvalue weighted by Gasteiger charge is 2.32. The monoisotopic (exact) mass is 422 g/mol. The smallest absolute Gasteiger partial charge is 0.243 e. The quantitative estimate of drug-likeness (QED) is 0.750. The average molecular weight is 422 g/mol. The van der Waals surface area contributed by atoms with Crippen LogP contribution in [-0.2, 0) is 14.8 Å². The van der Waals surface area contributed by atoms with Gasteiger partial charge in [0.25, 0.3) is 0 Å². The van der Waals surface area contributed by atoms with Crippen molar-refractivity contribution in [2.45, 2.75) is 24.7 Å². The van der Waals surface area contributed by atoms with Gasteiger partial charge < -0.3 is 5.32 Å². The van der Waals surface area contributed by atoms with Gasteiger partial charge in [0.05, 0.1) is 10.6 Å². The molecular weight excluding hydrogens is 402 g/mol. The second kappa shape index (κ2) is 8.38. The normalized spacial score (nSPS) is 15.8. The van der Waals surface area contributed by atoms with Gasteiger partial charge in [-0.05, 0) is 44.0 Å². The van der Waals surface area contributed by atoms with E-state index in [2.05, 4.69) is 5.32 Å². The summed E-state index contributed by atoms with van der Waals surface area (Å²) in [7, 11) is -3.80. The van der Waals surface area contributed by atoms with Crippen LogP contribution in [0.2, 0.25) is 0 Å². The van der Waals surface area contributed by atoms with E-state index in [0.717, 1.165) is 6.07 Å². The number of benzene rings is 2. The van der Waals surface area contributed by atoms with Gasteiger partial charge in [-0.3, -0.25) is 9.59 Å². The van der Waals surface area contributed by atoms with Gasteiger partial charge in [0.2, 0.25) is 15.9 Å². The average Bonchev–Trinajstić information content (AvgIpc) is 2.71. The van der Waals surface area contributed by atoms with E-state index in [1.165, 1.54) is 41.6 Å². The molecule has 9 heteroatoms. The van der Waals surface area contributed by atoms with Crippen molar-refractivity contribution in [1.82, 2.24) is 4.31 Å². The van der Waals surface area contributed by atoms with Crippen LogP contribution >= 0.6 is 0 Å². The number of rotatable bonds is 5. The zero-order chi connectivity index (χ0) is 21.2. The Morgan fingerprint density at radius 3 is 2.38 bits per heavy atom. The summed E-state index contributed by atoms with van der Waals surface area (Å²) in [5, 5.41) is 2.37. The van der Waals surface area contributed by atoms with Crippen LogP contribution in [-0.4, -0.2) is 37.5 Å². The SMILES string of the molecule is CC(=O)c1cccc(S(=O)(=O)N2CCC(C(=O)Nc3cccc(F)c3F)CC2)c1. The first-order chi connectivity index (χ1) is 13.7. The third kappa shape index (κ3) is 4.51. The first kappa shape index (κ1) is 21.1. The Labute approximate surface area is 167 Å². The second-order valence-electron chi connectivity index (χ2n) is 6.85. The van der Waals surface area contributed by atoms with Gasteiger partial charge in [-0.2, -0.15) is 4.31 Å². The molecule has 0 unspecified atom stereocenters. The zero-order valence-electron chi connectivity index (χ0n) is 15.7. The maximum atomic E-state index is 13.7. The molecule has 2 aromatic rings. The Bertz CT molecular complexity index is 1050. The van der Waals surface area contributed by atoms with Crippen LogP contribution in [0.3, 0.4) is 0 Å². The highest BCUT2D eigenvalue weighted by molar-refractivity contribution is 7.89. The minimum Gasteiger partial charge on any atom is -0.323 e. The molecule has 29 heavy (non-hydrogen) atoms. The van der Waals surface area contributed by atoms with Crippen molar-refractivity contribution < 1.29 is 26.8 Å². The zero-order valence-corrected chi connectivity index (χ0v) is 16.5. The summed E-state index contributed by atoms with van der Waals surface area (Å²) >= 11 is 0. The molecule has 1 N–H and O–H groups in total. The van der Waals surface area contributed by atoms with Crippen LogP contribution in [0, 0.1) is 17.6 Å². The molecule has 0 bridgehead atoms. The summed E-state index contributed by atoms with van der Waals surface area (Å²) in [5.41, 5.74) is 0.0588. The number of sulfonamides is 1. The highest BCUT2D eigenvalue weighted by Crippen LogP contribution is 2.26. The van der Waals surface area contributed by atoms with Crippen molar-refractivity contribution in [3.8, 4) is 0 Å². The minimum absolute atomic E-state index is 0.0231. The number of nitrogens with one attached hydrogen (secondary N) is 1. The molecule has 0 spiro atoms. The largest absolute Gasteiger partial charge is 0.323 e. The lowest BCUT2D eigenvalue weighted by Crippen LogP contribution is -2.41. The van der Waals surface area contributed by atoms with Crippen LogP contribution in [0.15, 0.2) is 47.4 Å². The molecule has 0 atom stereocenters. The third-order valence-corrected chi connectivity index (χ3v) is 6.81. The van der Waals surface area contributed by atoms with Crippen LogP contribution in [0.4, 0.5) is 14.5 Å². The van der Waals surface area contributed by atoms with Gasteiger partial charge in [-0.25, -0.2) is 17.2 Å². The molecule has 2 aromatic carbocycles. The minimum atomic E-state index is -3.80. The molecule has 1 aliphatic heterocycles. The first-order valence-corrected chi connectivity index (χ1v) is 10.5. The molecule has 0 aliphatic carbocycles. The van der Waals surface area contributed by atoms with Crippen molar-refractivity contribution in [3.63, 3.8) is 0 Å². The van der Waals surface area contributed by atoms with Gasteiger partial charge in [-0.1, -0.05) is 18.2 Å². The van der Waals surface area contributed by atoms with Crippen molar-refractivity contribution in [3.05, 3.63) is 59.7 Å². The summed E-state index contributed by atoms with van der Waals surface area (Å²) in [5.74, 6) is -3.43. The predicted octanol–water partition coefficient (Wildman–Crippen LogP) is 3.21. The summed E-state index contributed by atoms with van der Waals surface area (Å²) in [6.45, 7) is 1.57. The molecule has 1 heterocycles. The first-order valence-electron chi connectivity index (χ1n) is 9.06. The molecule has 0 radical (unpaired) electrons. The van der Waals surface area contributed by atoms with Crippen molar-refractivity contribution in [2.75, 3.05) is 18.4 Å². The van der Waals surface area contributed by atoms with E-state index >= 15 is 0 Å². The lowest BCUT2D eigenvalue weighted by molar-refractivity contribution is -0.120. The lowest BCUT2D eigenvalue weighted by atomic mass is 9.97. The molecule has 1 saturated heterocycles. The highest BCUT2D eigenvalue weighted by atomic mass is 32.2. The Balaban J connectivity index is 1.66. The molecule has 1 fully saturated rings. The van der Waals surface area contributed by atoms with Crippen molar-refractivity contribution in [2.24, 2.45) is 5.92 Å². The molecule has 0 saturated carbocycles. The van der Waals surface area contributed by atoms with Gasteiger partial charge in [0.15, 0.2) is 17.4 Å². The predicted molar refractivity (Wildman–Crippen MR) is 103 cm³/mol. The van der Waals surface area contributed by atoms with E-state index in [0.29, 0.717) is 5.56 Å². The maximum Gasteiger partial charge on any atom is 0.243 e. The number of carbonyl (C=O) groups is 2. The number of anilines is 1. The van der Waals surface area contributed by atoms with Gasteiger partial charge in [0.1, 0.15) is 0 Å². The molecular formula is C20H20F2N2O4S. The maximum absolute atomic E-state index is 13.7. The van der Waals surface area contributed by atoms with Gasteiger partial charge in [0, 0.05) is 24.6 Å². The van der Waals surface area contributed by atoms with E-state index < -0.39 is 33.5 Å². The Hall–Kier alpha value is -2.65. The van der Waals surface area contributed by atoms with E-state index in [4.69, 9.17) is 0 Å². The van der Waals surface area contributed by atoms with E-state index in [9.17, 15) is 26.8 Å². The summed E-state index contributed by atoms with van der Waals surface area (Å²) in [4.78, 5) is 23.9. The summed E-state index contributed by atoms with van der Waals surface area (Å²) < 4.78 is 53.9. The van der Waals surface area contributed by atoms with Crippen LogP contribution < -0.4 is 5.32 Å². The Morgan fingerprint density at radius 1 is 1.07 bits per heavy atom. The van der Waals surface area contributed by atoms with Crippen molar-refractivity contribution in [1.29, 1.82) is 0 Å². The summed E-state index contributed by atoms with van der Waals surface area (Å²) in [6, 6.07) is 9.32. The number of piperidine rings is 1. The number of hydrogen-bond donors (Lipinski definition) is 1. The molecule has 0 aromatic heterocycles. The van der Waals surface area contributed by atoms with Gasteiger partial charge >= 0.3 is 0 Å². The van der Waals surface area contributed by atoms with E-state index in [-0.39, 0.29) is 42.3 Å². The number of carbonyl (C=O) groups excluding carboxylic acids is 2. The number of hydrogen-bond acceptors (Lipinski definition) is 4. The van der Waals surface area contributed by atoms with Crippen LogP contribution in [0.1, 0.15) is 30.1 Å². The standard InChI is InChI=1S/C20H20F2N2O4S/c1-13(25)15-4-2-5-16(12-15)29(27,28)24-10-8-14(9-11-24)20(26)23-18-7-3-6-17(21)19(18)22/h2-7,12,14H,8-11H2,1H3,(H,23,26). The number of ketones is 1. The van der Waals surface area contributed by atoms with E-state index in [1.807, 2.05) is 0 Å². The van der Waals surface area contributed by atoms with E-state index in [1.54, 1.807) is 6.07 Å². The Kier molecular flexibility index (Phi) is 6.09. The van der Waals surface area contributed by atoms with Crippen LogP contribution in [0.5, 0.6) is 0 Å². The molecule has 154 valence electrons. The fourth-order valence-corrected chi connectivity index (χ4v) is 4.73. The second-order valence-corrected chi connectivity index (χ2v) is 8.79. The number of Topliss-reactive ketones (excluding diaryl/α,β-unsaturated/α-hetero) is 1. The Morgan fingerprint density at radius 2 is 1.72 bits per heavy atom. The topological polar surface area (TPSA) is 83.6 Å². The molecule has 1 aliphatic rings. The lowest BCUT2D eigenvalue weighted by Gasteiger charge is -2.30. The van der Waals surface area contributed by atoms with Crippen LogP contribution in [0.25, 0.3) is 0 Å². The fourth-order valence-electron chi connectivity index (χ4n) is 3.22. The number of nitrogens with zero attached hydrogens (tertiary/aromatic N) is 1. The van der Waals surface area contributed by atoms with Gasteiger partial charge in [-0.15, -0.1) is 0 Å². The number of halogens is 2. The molecule has 1 amide bonds. The fraction of sp³-hybridized carbons (Fsp3) is 0.300. The number of amides is 1. The molecule has 6 nitrogen and oxygen atoms in total. The summed E-state index contributed by atoms with van der Waals surface area (Å²) in [6.07, 6.45) is 0.489. The third-order valence-electron chi connectivity index (χ3n) is 4.91.